The zero-order valence-electron chi connectivity index (χ0n) is 9.94. The lowest BCUT2D eigenvalue weighted by Crippen LogP contribution is -2.13. The van der Waals surface area contributed by atoms with E-state index in [1.54, 1.807) is 0 Å². The molecule has 1 aromatic carbocycles. The van der Waals surface area contributed by atoms with E-state index in [-0.39, 0.29) is 6.04 Å². The molecule has 0 saturated heterocycles. The summed E-state index contributed by atoms with van der Waals surface area (Å²) in [6.07, 6.45) is 0. The average molecular weight is 270 g/mol. The Morgan fingerprint density at radius 3 is 2.82 bits per heavy atom. The van der Waals surface area contributed by atoms with Gasteiger partial charge < -0.3 is 10.2 Å². The van der Waals surface area contributed by atoms with Crippen molar-refractivity contribution in [2.45, 2.75) is 25.1 Å². The predicted molar refractivity (Wildman–Crippen MR) is 75.7 cm³/mol. The summed E-state index contributed by atoms with van der Waals surface area (Å²) < 4.78 is 5.72. The van der Waals surface area contributed by atoms with Crippen LogP contribution in [0.3, 0.4) is 0 Å². The second-order valence-electron chi connectivity index (χ2n) is 4.30. The van der Waals surface area contributed by atoms with E-state index < -0.39 is 0 Å². The summed E-state index contributed by atoms with van der Waals surface area (Å²) in [4.78, 5) is 0. The highest BCUT2D eigenvalue weighted by molar-refractivity contribution is 7.99. The number of furan rings is 1. The Morgan fingerprint density at radius 1 is 1.41 bits per heavy atom. The van der Waals surface area contributed by atoms with Gasteiger partial charge >= 0.3 is 0 Å². The van der Waals surface area contributed by atoms with Crippen LogP contribution in [0.4, 0.5) is 0 Å². The van der Waals surface area contributed by atoms with Gasteiger partial charge in [0, 0.05) is 11.1 Å². The quantitative estimate of drug-likeness (QED) is 0.903. The van der Waals surface area contributed by atoms with Crippen molar-refractivity contribution in [2.75, 3.05) is 5.75 Å². The number of fused-ring (bicyclic) bond motifs is 1. The summed E-state index contributed by atoms with van der Waals surface area (Å²) >= 11 is 7.89. The van der Waals surface area contributed by atoms with Crippen LogP contribution < -0.4 is 5.73 Å². The van der Waals surface area contributed by atoms with Gasteiger partial charge in [-0.1, -0.05) is 37.6 Å². The highest BCUT2D eigenvalue weighted by Gasteiger charge is 2.14. The van der Waals surface area contributed by atoms with E-state index in [0.717, 1.165) is 22.5 Å². The van der Waals surface area contributed by atoms with Gasteiger partial charge in [0.15, 0.2) is 5.58 Å². The zero-order chi connectivity index (χ0) is 12.4. The Kier molecular flexibility index (Phi) is 4.02. The summed E-state index contributed by atoms with van der Waals surface area (Å²) in [6, 6.07) is 7.62. The third-order valence-corrected chi connectivity index (χ3v) is 4.01. The lowest BCUT2D eigenvalue weighted by molar-refractivity contribution is 0.516. The Bertz CT molecular complexity index is 509. The number of benzene rings is 1. The molecule has 2 rings (SSSR count). The number of hydrogen-bond acceptors (Lipinski definition) is 3. The van der Waals surface area contributed by atoms with Crippen LogP contribution in [0.2, 0.25) is 5.02 Å². The molecule has 2 N–H and O–H groups in total. The van der Waals surface area contributed by atoms with Crippen LogP contribution >= 0.6 is 23.4 Å². The van der Waals surface area contributed by atoms with E-state index in [1.807, 2.05) is 36.0 Å². The molecule has 0 radical (unpaired) electrons. The highest BCUT2D eigenvalue weighted by atomic mass is 35.5. The maximum atomic E-state index is 6.10. The molecule has 0 aliphatic heterocycles. The van der Waals surface area contributed by atoms with Crippen molar-refractivity contribution in [3.8, 4) is 0 Å². The highest BCUT2D eigenvalue weighted by Crippen LogP contribution is 2.30. The van der Waals surface area contributed by atoms with Gasteiger partial charge in [-0.3, -0.25) is 0 Å². The summed E-state index contributed by atoms with van der Waals surface area (Å²) in [5, 5.41) is 2.23. The third-order valence-electron chi connectivity index (χ3n) is 2.49. The van der Waals surface area contributed by atoms with Crippen LogP contribution in [0, 0.1) is 0 Å². The second-order valence-corrected chi connectivity index (χ2v) is 6.31. The van der Waals surface area contributed by atoms with E-state index in [9.17, 15) is 0 Å². The molecule has 0 fully saturated rings. The number of rotatable bonds is 4. The standard InChI is InChI=1S/C13H16ClNOS/c1-8(2)17-7-11(15)12-6-9-4-3-5-10(14)13(9)16-12/h3-6,8,11H,7,15H2,1-2H3. The normalized spacial score (nSPS) is 13.5. The average Bonchev–Trinajstić information content (AvgIpc) is 2.71. The van der Waals surface area contributed by atoms with Crippen molar-refractivity contribution in [3.05, 3.63) is 35.0 Å². The lowest BCUT2D eigenvalue weighted by Gasteiger charge is -2.09. The molecule has 92 valence electrons. The molecule has 0 amide bonds. The van der Waals surface area contributed by atoms with Gasteiger partial charge in [0.25, 0.3) is 0 Å². The van der Waals surface area contributed by atoms with Crippen LogP contribution in [0.1, 0.15) is 25.6 Å². The van der Waals surface area contributed by atoms with Gasteiger partial charge in [0.1, 0.15) is 5.76 Å². The van der Waals surface area contributed by atoms with Gasteiger partial charge in [0.2, 0.25) is 0 Å². The number of nitrogens with two attached hydrogens (primary N) is 1. The Labute approximate surface area is 110 Å². The fraction of sp³-hybridized carbons (Fsp3) is 0.385. The van der Waals surface area contributed by atoms with E-state index in [0.29, 0.717) is 10.3 Å². The largest absolute Gasteiger partial charge is 0.458 e. The number of halogens is 1. The van der Waals surface area contributed by atoms with Crippen LogP contribution in [-0.4, -0.2) is 11.0 Å². The first-order chi connectivity index (χ1) is 8.08. The zero-order valence-corrected chi connectivity index (χ0v) is 11.5. The summed E-state index contributed by atoms with van der Waals surface area (Å²) in [5.41, 5.74) is 6.83. The SMILES string of the molecule is CC(C)SCC(N)c1cc2cccc(Cl)c2o1. The Morgan fingerprint density at radius 2 is 2.18 bits per heavy atom. The van der Waals surface area contributed by atoms with E-state index in [1.165, 1.54) is 0 Å². The van der Waals surface area contributed by atoms with Gasteiger partial charge in [-0.2, -0.15) is 11.8 Å². The maximum Gasteiger partial charge on any atom is 0.152 e. The molecule has 2 aromatic rings. The van der Waals surface area contributed by atoms with Crippen LogP contribution in [0.25, 0.3) is 11.0 Å². The van der Waals surface area contributed by atoms with Crippen molar-refractivity contribution in [1.82, 2.24) is 0 Å². The molecule has 0 spiro atoms. The van der Waals surface area contributed by atoms with Crippen molar-refractivity contribution >= 4 is 34.3 Å². The molecule has 1 heterocycles. The molecule has 2 nitrogen and oxygen atoms in total. The van der Waals surface area contributed by atoms with Crippen molar-refractivity contribution < 1.29 is 4.42 Å². The van der Waals surface area contributed by atoms with Crippen molar-refractivity contribution in [3.63, 3.8) is 0 Å². The van der Waals surface area contributed by atoms with Gasteiger partial charge in [-0.25, -0.2) is 0 Å². The molecule has 1 unspecified atom stereocenters. The lowest BCUT2D eigenvalue weighted by atomic mass is 10.2. The first kappa shape index (κ1) is 12.8. The van der Waals surface area contributed by atoms with Crippen molar-refractivity contribution in [1.29, 1.82) is 0 Å². The monoisotopic (exact) mass is 269 g/mol. The van der Waals surface area contributed by atoms with Crippen LogP contribution in [0.15, 0.2) is 28.7 Å². The molecule has 0 bridgehead atoms. The molecule has 0 aliphatic carbocycles. The van der Waals surface area contributed by atoms with Crippen LogP contribution in [0.5, 0.6) is 0 Å². The first-order valence-electron chi connectivity index (χ1n) is 5.63. The minimum Gasteiger partial charge on any atom is -0.458 e. The van der Waals surface area contributed by atoms with Gasteiger partial charge in [0.05, 0.1) is 11.1 Å². The van der Waals surface area contributed by atoms with Crippen molar-refractivity contribution in [2.24, 2.45) is 5.73 Å². The number of hydrogen-bond donors (Lipinski definition) is 1. The first-order valence-corrected chi connectivity index (χ1v) is 7.05. The molecule has 17 heavy (non-hydrogen) atoms. The molecule has 4 heteroatoms. The maximum absolute atomic E-state index is 6.10. The van der Waals surface area contributed by atoms with E-state index in [4.69, 9.17) is 21.8 Å². The van der Waals surface area contributed by atoms with Gasteiger partial charge in [-0.15, -0.1) is 0 Å². The predicted octanol–water partition coefficient (Wildman–Crippen LogP) is 4.23. The third kappa shape index (κ3) is 2.97. The fourth-order valence-electron chi connectivity index (χ4n) is 1.61. The molecular formula is C13H16ClNOS. The van der Waals surface area contributed by atoms with E-state index >= 15 is 0 Å². The molecule has 0 saturated carbocycles. The smallest absolute Gasteiger partial charge is 0.152 e. The Balaban J connectivity index is 2.21. The van der Waals surface area contributed by atoms with Gasteiger partial charge in [-0.05, 0) is 17.4 Å². The minimum absolute atomic E-state index is 0.0779. The fourth-order valence-corrected chi connectivity index (χ4v) is 2.59. The van der Waals surface area contributed by atoms with Crippen LogP contribution in [-0.2, 0) is 0 Å². The molecule has 1 aromatic heterocycles. The summed E-state index contributed by atoms with van der Waals surface area (Å²) in [7, 11) is 0. The topological polar surface area (TPSA) is 39.2 Å². The molecule has 1 atom stereocenters. The summed E-state index contributed by atoms with van der Waals surface area (Å²) in [6.45, 7) is 4.32. The molecule has 0 aliphatic rings. The Hall–Kier alpha value is -0.640. The number of thioether (sulfide) groups is 1. The minimum atomic E-state index is -0.0779. The summed E-state index contributed by atoms with van der Waals surface area (Å²) in [5.74, 6) is 1.66. The second kappa shape index (κ2) is 5.34. The van der Waals surface area contributed by atoms with E-state index in [2.05, 4.69) is 13.8 Å². The number of para-hydroxylation sites is 1. The molecular weight excluding hydrogens is 254 g/mol.